The largest absolute Gasteiger partial charge is 0.483 e. The maximum absolute atomic E-state index is 12.6. The van der Waals surface area contributed by atoms with Gasteiger partial charge in [-0.2, -0.15) is 0 Å². The van der Waals surface area contributed by atoms with Crippen LogP contribution >= 0.6 is 0 Å². The average molecular weight is 425 g/mol. The molecule has 3 rings (SSSR count). The van der Waals surface area contributed by atoms with Crippen LogP contribution < -0.4 is 14.8 Å². The van der Waals surface area contributed by atoms with E-state index in [0.29, 0.717) is 17.1 Å². The molecule has 0 radical (unpaired) electrons. The van der Waals surface area contributed by atoms with E-state index in [4.69, 9.17) is 4.74 Å². The maximum atomic E-state index is 12.6. The number of hydrogen-bond acceptors (Lipinski definition) is 4. The summed E-state index contributed by atoms with van der Waals surface area (Å²) in [5.74, 6) is 0.322. The lowest BCUT2D eigenvalue weighted by atomic mass is 10.1. The van der Waals surface area contributed by atoms with E-state index in [1.807, 2.05) is 51.1 Å². The molecule has 0 atom stereocenters. The highest BCUT2D eigenvalue weighted by Gasteiger charge is 2.15. The van der Waals surface area contributed by atoms with Crippen molar-refractivity contribution in [2.75, 3.05) is 16.6 Å². The van der Waals surface area contributed by atoms with Crippen LogP contribution in [0.3, 0.4) is 0 Å². The lowest BCUT2D eigenvalue weighted by Crippen LogP contribution is -2.20. The minimum Gasteiger partial charge on any atom is -0.483 e. The number of ether oxygens (including phenoxy) is 1. The highest BCUT2D eigenvalue weighted by Crippen LogP contribution is 2.21. The van der Waals surface area contributed by atoms with Gasteiger partial charge in [0.2, 0.25) is 0 Å². The van der Waals surface area contributed by atoms with Crippen molar-refractivity contribution in [3.63, 3.8) is 0 Å². The monoisotopic (exact) mass is 424 g/mol. The predicted octanol–water partition coefficient (Wildman–Crippen LogP) is 4.43. The summed E-state index contributed by atoms with van der Waals surface area (Å²) in [6.07, 6.45) is 0. The Labute approximate surface area is 177 Å². The lowest BCUT2D eigenvalue weighted by Gasteiger charge is -2.12. The number of hydrogen-bond donors (Lipinski definition) is 2. The van der Waals surface area contributed by atoms with Crippen LogP contribution in [0.25, 0.3) is 0 Å². The van der Waals surface area contributed by atoms with E-state index in [0.717, 1.165) is 16.7 Å². The highest BCUT2D eigenvalue weighted by atomic mass is 32.2. The molecule has 1 amide bonds. The standard InChI is InChI=1S/C23H24N2O4S/c1-16-8-13-22(18(3)14-16)29-15-23(26)24-19-9-11-20(12-10-19)30(27,28)25-21-7-5-4-6-17(21)2/h4-14,25H,15H2,1-3H3,(H,24,26). The Hall–Kier alpha value is -3.32. The van der Waals surface area contributed by atoms with Gasteiger partial charge in [-0.05, 0) is 68.3 Å². The number of nitrogens with one attached hydrogen (secondary N) is 2. The van der Waals surface area contributed by atoms with E-state index >= 15 is 0 Å². The fourth-order valence-electron chi connectivity index (χ4n) is 2.91. The molecule has 6 nitrogen and oxygen atoms in total. The second-order valence-electron chi connectivity index (χ2n) is 7.05. The van der Waals surface area contributed by atoms with Crippen LogP contribution in [-0.4, -0.2) is 20.9 Å². The Morgan fingerprint density at radius 3 is 2.27 bits per heavy atom. The fraction of sp³-hybridized carbons (Fsp3) is 0.174. The molecule has 0 saturated carbocycles. The van der Waals surface area contributed by atoms with Gasteiger partial charge in [0.1, 0.15) is 5.75 Å². The summed E-state index contributed by atoms with van der Waals surface area (Å²) in [5, 5.41) is 2.70. The van der Waals surface area contributed by atoms with Gasteiger partial charge in [-0.25, -0.2) is 8.42 Å². The van der Waals surface area contributed by atoms with Crippen molar-refractivity contribution in [2.24, 2.45) is 0 Å². The van der Waals surface area contributed by atoms with E-state index < -0.39 is 10.0 Å². The van der Waals surface area contributed by atoms with Gasteiger partial charge in [0.05, 0.1) is 10.6 Å². The SMILES string of the molecule is Cc1ccc(OCC(=O)Nc2ccc(S(=O)(=O)Nc3ccccc3C)cc2)c(C)c1. The molecule has 0 bridgehead atoms. The Bertz CT molecular complexity index is 1160. The van der Waals surface area contributed by atoms with Crippen LogP contribution in [0, 0.1) is 20.8 Å². The fourth-order valence-corrected chi connectivity index (χ4v) is 4.04. The first-order valence-electron chi connectivity index (χ1n) is 9.43. The molecule has 30 heavy (non-hydrogen) atoms. The van der Waals surface area contributed by atoms with Gasteiger partial charge < -0.3 is 10.1 Å². The second kappa shape index (κ2) is 9.00. The zero-order valence-corrected chi connectivity index (χ0v) is 17.9. The molecule has 3 aromatic carbocycles. The molecule has 0 spiro atoms. The number of benzene rings is 3. The summed E-state index contributed by atoms with van der Waals surface area (Å²) in [6.45, 7) is 5.60. The number of para-hydroxylation sites is 1. The normalized spacial score (nSPS) is 11.0. The van der Waals surface area contributed by atoms with Crippen molar-refractivity contribution in [2.45, 2.75) is 25.7 Å². The predicted molar refractivity (Wildman–Crippen MR) is 118 cm³/mol. The minimum absolute atomic E-state index is 0.107. The number of amides is 1. The summed E-state index contributed by atoms with van der Waals surface area (Å²) in [4.78, 5) is 12.3. The van der Waals surface area contributed by atoms with E-state index in [1.165, 1.54) is 12.1 Å². The molecule has 3 aromatic rings. The van der Waals surface area contributed by atoms with Crippen molar-refractivity contribution in [3.8, 4) is 5.75 Å². The molecule has 2 N–H and O–H groups in total. The first-order chi connectivity index (χ1) is 14.2. The third kappa shape index (κ3) is 5.39. The Morgan fingerprint density at radius 2 is 1.60 bits per heavy atom. The van der Waals surface area contributed by atoms with Crippen LogP contribution in [0.2, 0.25) is 0 Å². The van der Waals surface area contributed by atoms with Crippen molar-refractivity contribution in [1.29, 1.82) is 0 Å². The average Bonchev–Trinajstić information content (AvgIpc) is 2.69. The van der Waals surface area contributed by atoms with Crippen LogP contribution in [0.15, 0.2) is 71.6 Å². The third-order valence-corrected chi connectivity index (χ3v) is 5.91. The summed E-state index contributed by atoms with van der Waals surface area (Å²) < 4.78 is 33.3. The van der Waals surface area contributed by atoms with Crippen molar-refractivity contribution < 1.29 is 17.9 Å². The van der Waals surface area contributed by atoms with Gasteiger partial charge in [-0.15, -0.1) is 0 Å². The van der Waals surface area contributed by atoms with Gasteiger partial charge in [0.15, 0.2) is 6.61 Å². The first-order valence-corrected chi connectivity index (χ1v) is 10.9. The molecule has 0 heterocycles. The van der Waals surface area contributed by atoms with Gasteiger partial charge in [-0.3, -0.25) is 9.52 Å². The molecule has 0 aliphatic carbocycles. The third-order valence-electron chi connectivity index (χ3n) is 4.53. The molecule has 0 saturated heterocycles. The van der Waals surface area contributed by atoms with Crippen LogP contribution in [0.1, 0.15) is 16.7 Å². The van der Waals surface area contributed by atoms with E-state index in [9.17, 15) is 13.2 Å². The molecule has 0 unspecified atom stereocenters. The molecule has 0 aliphatic heterocycles. The molecule has 0 fully saturated rings. The number of carbonyl (C=O) groups is 1. The number of carbonyl (C=O) groups excluding carboxylic acids is 1. The number of aryl methyl sites for hydroxylation is 3. The zero-order chi connectivity index (χ0) is 21.7. The second-order valence-corrected chi connectivity index (χ2v) is 8.73. The summed E-state index contributed by atoms with van der Waals surface area (Å²) in [6, 6.07) is 18.9. The minimum atomic E-state index is -3.72. The molecule has 7 heteroatoms. The van der Waals surface area contributed by atoms with Gasteiger partial charge in [0, 0.05) is 5.69 Å². The Kier molecular flexibility index (Phi) is 6.42. The van der Waals surface area contributed by atoms with E-state index in [2.05, 4.69) is 10.0 Å². The van der Waals surface area contributed by atoms with E-state index in [-0.39, 0.29) is 17.4 Å². The molecular formula is C23H24N2O4S. The molecule has 156 valence electrons. The molecule has 0 aliphatic rings. The van der Waals surface area contributed by atoms with Crippen molar-refractivity contribution in [1.82, 2.24) is 0 Å². The van der Waals surface area contributed by atoms with Crippen molar-refractivity contribution in [3.05, 3.63) is 83.4 Å². The van der Waals surface area contributed by atoms with Gasteiger partial charge in [-0.1, -0.05) is 35.9 Å². The Morgan fingerprint density at radius 1 is 0.900 bits per heavy atom. The van der Waals surface area contributed by atoms with Gasteiger partial charge in [0.25, 0.3) is 15.9 Å². The Balaban J connectivity index is 1.61. The smallest absolute Gasteiger partial charge is 0.262 e. The summed E-state index contributed by atoms with van der Waals surface area (Å²) in [5.41, 5.74) is 3.92. The van der Waals surface area contributed by atoms with E-state index in [1.54, 1.807) is 24.3 Å². The number of rotatable bonds is 7. The van der Waals surface area contributed by atoms with Crippen molar-refractivity contribution >= 4 is 27.3 Å². The maximum Gasteiger partial charge on any atom is 0.262 e. The first kappa shape index (κ1) is 21.4. The van der Waals surface area contributed by atoms with Crippen LogP contribution in [-0.2, 0) is 14.8 Å². The molecular weight excluding hydrogens is 400 g/mol. The summed E-state index contributed by atoms with van der Waals surface area (Å²) in [7, 11) is -3.72. The van der Waals surface area contributed by atoms with Gasteiger partial charge >= 0.3 is 0 Å². The number of sulfonamides is 1. The zero-order valence-electron chi connectivity index (χ0n) is 17.1. The highest BCUT2D eigenvalue weighted by molar-refractivity contribution is 7.92. The quantitative estimate of drug-likeness (QED) is 0.588. The molecule has 0 aromatic heterocycles. The van der Waals surface area contributed by atoms with Crippen LogP contribution in [0.5, 0.6) is 5.75 Å². The lowest BCUT2D eigenvalue weighted by molar-refractivity contribution is -0.118. The summed E-state index contributed by atoms with van der Waals surface area (Å²) >= 11 is 0. The topological polar surface area (TPSA) is 84.5 Å². The van der Waals surface area contributed by atoms with Crippen LogP contribution in [0.4, 0.5) is 11.4 Å². The number of anilines is 2.